The van der Waals surface area contributed by atoms with Gasteiger partial charge in [-0.3, -0.25) is 4.79 Å². The molecule has 0 aliphatic rings. The summed E-state index contributed by atoms with van der Waals surface area (Å²) in [4.78, 5) is 13.1. The first-order chi connectivity index (χ1) is 8.27. The van der Waals surface area contributed by atoms with Crippen LogP contribution in [0.15, 0.2) is 24.3 Å². The van der Waals surface area contributed by atoms with Crippen molar-refractivity contribution in [3.63, 3.8) is 0 Å². The van der Waals surface area contributed by atoms with Gasteiger partial charge in [0.2, 0.25) is 0 Å². The van der Waals surface area contributed by atoms with Crippen molar-refractivity contribution in [2.24, 2.45) is 0 Å². The van der Waals surface area contributed by atoms with Crippen LogP contribution in [0.3, 0.4) is 0 Å². The van der Waals surface area contributed by atoms with Gasteiger partial charge in [0, 0.05) is 0 Å². The Morgan fingerprint density at radius 3 is 2.61 bits per heavy atom. The summed E-state index contributed by atoms with van der Waals surface area (Å²) in [5.41, 5.74) is 0.585. The van der Waals surface area contributed by atoms with Crippen LogP contribution in [-0.2, 0) is 4.79 Å². The van der Waals surface area contributed by atoms with Crippen LogP contribution < -0.4 is 0 Å². The van der Waals surface area contributed by atoms with Crippen LogP contribution in [0.25, 0.3) is 0 Å². The lowest BCUT2D eigenvalue weighted by Crippen LogP contribution is -2.40. The van der Waals surface area contributed by atoms with E-state index in [0.717, 1.165) is 4.90 Å². The SMILES string of the molecule is CC(c1cccc(F)c1)N(C#N)C(=O)C(C)(C)Br. The van der Waals surface area contributed by atoms with Gasteiger partial charge in [0.1, 0.15) is 5.82 Å². The number of hydrogen-bond acceptors (Lipinski definition) is 2. The summed E-state index contributed by atoms with van der Waals surface area (Å²) in [5, 5.41) is 9.10. The number of amides is 1. The highest BCUT2D eigenvalue weighted by atomic mass is 79.9. The predicted molar refractivity (Wildman–Crippen MR) is 70.3 cm³/mol. The topological polar surface area (TPSA) is 44.1 Å². The van der Waals surface area contributed by atoms with Gasteiger partial charge in [0.05, 0.1) is 10.4 Å². The molecule has 0 saturated carbocycles. The van der Waals surface area contributed by atoms with E-state index >= 15 is 0 Å². The average Bonchev–Trinajstić information content (AvgIpc) is 2.28. The highest BCUT2D eigenvalue weighted by Gasteiger charge is 2.32. The second-order valence-corrected chi connectivity index (χ2v) is 6.46. The molecule has 18 heavy (non-hydrogen) atoms. The predicted octanol–water partition coefficient (Wildman–Crippen LogP) is 3.37. The van der Waals surface area contributed by atoms with E-state index in [4.69, 9.17) is 5.26 Å². The summed E-state index contributed by atoms with van der Waals surface area (Å²) < 4.78 is 12.3. The lowest BCUT2D eigenvalue weighted by atomic mass is 10.1. The van der Waals surface area contributed by atoms with Crippen LogP contribution in [0.5, 0.6) is 0 Å². The Labute approximate surface area is 114 Å². The minimum absolute atomic E-state index is 0.359. The van der Waals surface area contributed by atoms with E-state index in [9.17, 15) is 9.18 Å². The quantitative estimate of drug-likeness (QED) is 0.488. The molecule has 1 amide bonds. The molecule has 1 aromatic rings. The number of hydrogen-bond donors (Lipinski definition) is 0. The fourth-order valence-corrected chi connectivity index (χ4v) is 1.70. The fraction of sp³-hybridized carbons (Fsp3) is 0.385. The zero-order valence-corrected chi connectivity index (χ0v) is 12.0. The van der Waals surface area contributed by atoms with Crippen molar-refractivity contribution in [1.82, 2.24) is 4.90 Å². The molecule has 5 heteroatoms. The second-order valence-electron chi connectivity index (χ2n) is 4.48. The maximum Gasteiger partial charge on any atom is 0.252 e. The summed E-state index contributed by atoms with van der Waals surface area (Å²) in [7, 11) is 0. The summed E-state index contributed by atoms with van der Waals surface area (Å²) in [6, 6.07) is 5.38. The number of carbonyl (C=O) groups excluding carboxylic acids is 1. The number of carbonyl (C=O) groups is 1. The van der Waals surface area contributed by atoms with Crippen molar-refractivity contribution < 1.29 is 9.18 Å². The minimum Gasteiger partial charge on any atom is -0.272 e. The zero-order valence-electron chi connectivity index (χ0n) is 10.4. The Balaban J connectivity index is 3.04. The standard InChI is InChI=1S/C13H14BrFN2O/c1-9(10-5-4-6-11(15)7-10)17(8-16)12(18)13(2,3)14/h4-7,9H,1-3H3. The van der Waals surface area contributed by atoms with Gasteiger partial charge in [-0.15, -0.1) is 0 Å². The summed E-state index contributed by atoms with van der Waals surface area (Å²) >= 11 is 3.22. The van der Waals surface area contributed by atoms with E-state index in [-0.39, 0.29) is 11.7 Å². The summed E-state index contributed by atoms with van der Waals surface area (Å²) in [6.07, 6.45) is 1.86. The van der Waals surface area contributed by atoms with Gasteiger partial charge in [0.15, 0.2) is 6.19 Å². The molecule has 1 unspecified atom stereocenters. The van der Waals surface area contributed by atoms with E-state index in [1.807, 2.05) is 6.19 Å². The Hall–Kier alpha value is -1.41. The lowest BCUT2D eigenvalue weighted by molar-refractivity contribution is -0.131. The maximum atomic E-state index is 13.1. The van der Waals surface area contributed by atoms with Gasteiger partial charge < -0.3 is 0 Å². The van der Waals surface area contributed by atoms with E-state index in [1.165, 1.54) is 12.1 Å². The molecule has 0 bridgehead atoms. The lowest BCUT2D eigenvalue weighted by Gasteiger charge is -2.27. The molecule has 0 heterocycles. The van der Waals surface area contributed by atoms with Crippen molar-refractivity contribution in [1.29, 1.82) is 5.26 Å². The third-order valence-electron chi connectivity index (χ3n) is 2.55. The second kappa shape index (κ2) is 5.49. The Kier molecular flexibility index (Phi) is 4.47. The Morgan fingerprint density at radius 2 is 2.17 bits per heavy atom. The smallest absolute Gasteiger partial charge is 0.252 e. The normalized spacial score (nSPS) is 12.7. The zero-order chi connectivity index (χ0) is 13.9. The Bertz CT molecular complexity index is 490. The number of alkyl halides is 1. The first-order valence-electron chi connectivity index (χ1n) is 5.45. The van der Waals surface area contributed by atoms with Gasteiger partial charge in [-0.05, 0) is 38.5 Å². The first kappa shape index (κ1) is 14.7. The monoisotopic (exact) mass is 312 g/mol. The number of rotatable bonds is 3. The Morgan fingerprint density at radius 1 is 1.56 bits per heavy atom. The molecule has 0 N–H and O–H groups in total. The number of nitriles is 1. The number of halogens is 2. The van der Waals surface area contributed by atoms with Crippen molar-refractivity contribution in [2.45, 2.75) is 31.1 Å². The molecule has 96 valence electrons. The highest BCUT2D eigenvalue weighted by molar-refractivity contribution is 9.10. The van der Waals surface area contributed by atoms with Crippen molar-refractivity contribution in [3.8, 4) is 6.19 Å². The molecule has 0 aliphatic heterocycles. The summed E-state index contributed by atoms with van der Waals surface area (Å²) in [5.74, 6) is -0.746. The third-order valence-corrected chi connectivity index (χ3v) is 2.89. The fourth-order valence-electron chi connectivity index (χ4n) is 1.51. The number of benzene rings is 1. The van der Waals surface area contributed by atoms with Crippen LogP contribution in [-0.4, -0.2) is 15.1 Å². The molecule has 0 aromatic heterocycles. The van der Waals surface area contributed by atoms with Crippen molar-refractivity contribution >= 4 is 21.8 Å². The third kappa shape index (κ3) is 3.30. The molecule has 0 spiro atoms. The summed E-state index contributed by atoms with van der Waals surface area (Å²) in [6.45, 7) is 5.02. The van der Waals surface area contributed by atoms with E-state index in [1.54, 1.807) is 32.9 Å². The molecule has 0 radical (unpaired) electrons. The van der Waals surface area contributed by atoms with Gasteiger partial charge in [-0.25, -0.2) is 9.29 Å². The van der Waals surface area contributed by atoms with Crippen LogP contribution in [0, 0.1) is 17.3 Å². The van der Waals surface area contributed by atoms with Crippen LogP contribution in [0.2, 0.25) is 0 Å². The van der Waals surface area contributed by atoms with Crippen LogP contribution in [0.1, 0.15) is 32.4 Å². The van der Waals surface area contributed by atoms with Crippen molar-refractivity contribution in [3.05, 3.63) is 35.6 Å². The van der Waals surface area contributed by atoms with Crippen LogP contribution >= 0.6 is 15.9 Å². The van der Waals surface area contributed by atoms with Gasteiger partial charge in [0.25, 0.3) is 5.91 Å². The largest absolute Gasteiger partial charge is 0.272 e. The molecule has 1 rings (SSSR count). The number of nitrogens with zero attached hydrogens (tertiary/aromatic N) is 2. The van der Waals surface area contributed by atoms with E-state index in [2.05, 4.69) is 15.9 Å². The molecule has 0 aliphatic carbocycles. The van der Waals surface area contributed by atoms with Gasteiger partial charge in [-0.1, -0.05) is 28.1 Å². The molecular formula is C13H14BrFN2O. The van der Waals surface area contributed by atoms with Crippen molar-refractivity contribution in [2.75, 3.05) is 0 Å². The molecular weight excluding hydrogens is 299 g/mol. The van der Waals surface area contributed by atoms with E-state index in [0.29, 0.717) is 5.56 Å². The van der Waals surface area contributed by atoms with E-state index < -0.39 is 10.4 Å². The molecule has 0 saturated heterocycles. The van der Waals surface area contributed by atoms with Crippen LogP contribution in [0.4, 0.5) is 4.39 Å². The maximum absolute atomic E-state index is 13.1. The van der Waals surface area contributed by atoms with Gasteiger partial charge in [-0.2, -0.15) is 5.26 Å². The molecule has 1 aromatic carbocycles. The highest BCUT2D eigenvalue weighted by Crippen LogP contribution is 2.26. The first-order valence-corrected chi connectivity index (χ1v) is 6.24. The van der Waals surface area contributed by atoms with Gasteiger partial charge >= 0.3 is 0 Å². The average molecular weight is 313 g/mol. The molecule has 0 fully saturated rings. The molecule has 3 nitrogen and oxygen atoms in total. The minimum atomic E-state index is -0.829. The molecule has 1 atom stereocenters.